The quantitative estimate of drug-likeness (QED) is 0.321. The molecule has 0 unspecified atom stereocenters. The summed E-state index contributed by atoms with van der Waals surface area (Å²) in [7, 11) is 0. The third-order valence-corrected chi connectivity index (χ3v) is 7.21. The number of esters is 1. The molecule has 0 bridgehead atoms. The number of fused-ring (bicyclic) bond motifs is 1. The van der Waals surface area contributed by atoms with Crippen molar-refractivity contribution in [2.24, 2.45) is 0 Å². The van der Waals surface area contributed by atoms with Gasteiger partial charge in [0.25, 0.3) is 5.91 Å². The number of aliphatic carboxylic acids is 1. The van der Waals surface area contributed by atoms with Crippen LogP contribution in [0.4, 0.5) is 4.79 Å². The largest absolute Gasteiger partial charge is 0.477 e. The number of amides is 3. The predicted molar refractivity (Wildman–Crippen MR) is 135 cm³/mol. The highest BCUT2D eigenvalue weighted by molar-refractivity contribution is 8.00. The third-order valence-electron chi connectivity index (χ3n) is 5.87. The molecule has 1 saturated heterocycles. The molecule has 198 valence electrons. The first kappa shape index (κ1) is 26.7. The minimum atomic E-state index is -1.33. The van der Waals surface area contributed by atoms with Gasteiger partial charge in [-0.2, -0.15) is 0 Å². The molecule has 0 spiro atoms. The van der Waals surface area contributed by atoms with Crippen molar-refractivity contribution in [3.8, 4) is 0 Å². The van der Waals surface area contributed by atoms with Gasteiger partial charge in [-0.25, -0.2) is 9.59 Å². The number of hydrogen-bond donors (Lipinski definition) is 3. The van der Waals surface area contributed by atoms with Gasteiger partial charge < -0.3 is 25.2 Å². The van der Waals surface area contributed by atoms with Gasteiger partial charge in [0.05, 0.1) is 0 Å². The van der Waals surface area contributed by atoms with Crippen molar-refractivity contribution < 1.29 is 38.6 Å². The van der Waals surface area contributed by atoms with Crippen LogP contribution in [0.1, 0.15) is 24.1 Å². The molecule has 0 saturated carbocycles. The monoisotopic (exact) mass is 539 g/mol. The molecule has 11 nitrogen and oxygen atoms in total. The van der Waals surface area contributed by atoms with E-state index < -0.39 is 47.3 Å². The average molecular weight is 540 g/mol. The van der Waals surface area contributed by atoms with Crippen LogP contribution in [-0.4, -0.2) is 63.6 Å². The molecule has 38 heavy (non-hydrogen) atoms. The van der Waals surface area contributed by atoms with E-state index in [0.717, 1.165) is 10.5 Å². The normalized spacial score (nSPS) is 19.0. The topological polar surface area (TPSA) is 151 Å². The van der Waals surface area contributed by atoms with Crippen LogP contribution >= 0.6 is 11.8 Å². The van der Waals surface area contributed by atoms with Gasteiger partial charge in [0, 0.05) is 18.2 Å². The second-order valence-electron chi connectivity index (χ2n) is 8.48. The molecule has 1 fully saturated rings. The van der Waals surface area contributed by atoms with Crippen molar-refractivity contribution in [1.29, 1.82) is 0 Å². The van der Waals surface area contributed by atoms with Crippen molar-refractivity contribution >= 4 is 41.6 Å². The molecule has 3 N–H and O–H groups in total. The van der Waals surface area contributed by atoms with Crippen LogP contribution in [-0.2, 0) is 35.3 Å². The lowest BCUT2D eigenvalue weighted by Gasteiger charge is -2.49. The molecule has 2 aromatic carbocycles. The summed E-state index contributed by atoms with van der Waals surface area (Å²) < 4.78 is 10.2. The number of hydrogen-bond acceptors (Lipinski definition) is 8. The first-order valence-corrected chi connectivity index (χ1v) is 12.7. The maximum atomic E-state index is 13.3. The van der Waals surface area contributed by atoms with Crippen molar-refractivity contribution in [2.45, 2.75) is 31.0 Å². The van der Waals surface area contributed by atoms with Gasteiger partial charge in [-0.15, -0.1) is 11.8 Å². The number of alkyl carbamates (subject to hydrolysis) is 1. The zero-order valence-electron chi connectivity index (χ0n) is 20.3. The van der Waals surface area contributed by atoms with E-state index in [4.69, 9.17) is 9.47 Å². The Morgan fingerprint density at radius 3 is 2.32 bits per heavy atom. The molecule has 3 atom stereocenters. The Morgan fingerprint density at radius 2 is 1.68 bits per heavy atom. The van der Waals surface area contributed by atoms with Crippen LogP contribution in [0.15, 0.2) is 71.9 Å². The number of rotatable bonds is 9. The zero-order valence-corrected chi connectivity index (χ0v) is 21.1. The second-order valence-corrected chi connectivity index (χ2v) is 9.59. The van der Waals surface area contributed by atoms with Crippen molar-refractivity contribution in [3.63, 3.8) is 0 Å². The summed E-state index contributed by atoms with van der Waals surface area (Å²) >= 11 is 1.24. The molecule has 2 aliphatic rings. The van der Waals surface area contributed by atoms with Crippen molar-refractivity contribution in [2.75, 3.05) is 12.4 Å². The molecule has 4 rings (SSSR count). The smallest absolute Gasteiger partial charge is 0.408 e. The van der Waals surface area contributed by atoms with Crippen LogP contribution in [0, 0.1) is 0 Å². The van der Waals surface area contributed by atoms with E-state index in [1.807, 2.05) is 18.2 Å². The van der Waals surface area contributed by atoms with E-state index in [9.17, 15) is 29.1 Å². The van der Waals surface area contributed by atoms with Crippen LogP contribution in [0.2, 0.25) is 0 Å². The number of β-lactam (4-membered cyclic amide) rings is 1. The molecule has 0 aliphatic carbocycles. The van der Waals surface area contributed by atoms with Crippen LogP contribution < -0.4 is 10.6 Å². The van der Waals surface area contributed by atoms with Gasteiger partial charge in [0.2, 0.25) is 5.91 Å². The van der Waals surface area contributed by atoms with E-state index in [1.54, 1.807) is 42.5 Å². The molecular formula is C26H25N3O8S. The first-order chi connectivity index (χ1) is 18.3. The summed E-state index contributed by atoms with van der Waals surface area (Å²) in [6.45, 7) is 0.960. The number of nitrogens with zero attached hydrogens (tertiary/aromatic N) is 1. The van der Waals surface area contributed by atoms with Gasteiger partial charge in [0.1, 0.15) is 36.4 Å². The van der Waals surface area contributed by atoms with E-state index in [1.165, 1.54) is 18.7 Å². The maximum absolute atomic E-state index is 13.3. The molecule has 2 heterocycles. The molecule has 12 heteroatoms. The number of carboxylic acids is 1. The number of ether oxygens (including phenoxy) is 2. The minimum Gasteiger partial charge on any atom is -0.477 e. The Morgan fingerprint density at radius 1 is 1.03 bits per heavy atom. The maximum Gasteiger partial charge on any atom is 0.408 e. The summed E-state index contributed by atoms with van der Waals surface area (Å²) in [6.07, 6.45) is -0.822. The summed E-state index contributed by atoms with van der Waals surface area (Å²) in [6, 6.07) is 15.3. The first-order valence-electron chi connectivity index (χ1n) is 11.6. The SMILES string of the molecule is CC(=O)OCC1=C(C(=O)O)N2C(=O)[C@@H](NC(=O)[C@H](NC(=O)OCc3ccccc3)c3ccccc3)[C@H]2SC1. The lowest BCUT2D eigenvalue weighted by Crippen LogP contribution is -2.71. The molecule has 0 aromatic heterocycles. The summed E-state index contributed by atoms with van der Waals surface area (Å²) in [4.78, 5) is 62.9. The Bertz CT molecular complexity index is 1270. The van der Waals surface area contributed by atoms with E-state index in [0.29, 0.717) is 5.56 Å². The lowest BCUT2D eigenvalue weighted by molar-refractivity contribution is -0.151. The Kier molecular flexibility index (Phi) is 8.31. The van der Waals surface area contributed by atoms with Gasteiger partial charge in [-0.3, -0.25) is 19.3 Å². The van der Waals surface area contributed by atoms with Crippen LogP contribution in [0.3, 0.4) is 0 Å². The Labute approximate surface area is 222 Å². The lowest BCUT2D eigenvalue weighted by atomic mass is 10.0. The summed E-state index contributed by atoms with van der Waals surface area (Å²) in [5, 5.41) is 14.2. The fourth-order valence-corrected chi connectivity index (χ4v) is 5.38. The Hall–Kier alpha value is -4.32. The summed E-state index contributed by atoms with van der Waals surface area (Å²) in [5.41, 5.74) is 1.27. The average Bonchev–Trinajstić information content (AvgIpc) is 2.92. The standard InChI is InChI=1S/C26H25N3O8S/c1-15(30)36-13-18-14-38-24-20(23(32)29(24)21(18)25(33)34)27-22(31)19(17-10-6-3-7-11-17)28-26(35)37-12-16-8-4-2-5-9-16/h2-11,19-20,24H,12-14H2,1H3,(H,27,31)(H,28,35)(H,33,34)/t19-,20-,24-/m1/s1. The van der Waals surface area contributed by atoms with Crippen molar-refractivity contribution in [1.82, 2.24) is 15.5 Å². The van der Waals surface area contributed by atoms with E-state index in [2.05, 4.69) is 10.6 Å². The predicted octanol–water partition coefficient (Wildman–Crippen LogP) is 1.96. The van der Waals surface area contributed by atoms with E-state index in [-0.39, 0.29) is 30.2 Å². The van der Waals surface area contributed by atoms with Gasteiger partial charge in [-0.05, 0) is 11.1 Å². The van der Waals surface area contributed by atoms with Gasteiger partial charge in [-0.1, -0.05) is 60.7 Å². The minimum absolute atomic E-state index is 0.00453. The number of carbonyl (C=O) groups is 5. The highest BCUT2D eigenvalue weighted by Gasteiger charge is 2.54. The Balaban J connectivity index is 1.45. The highest BCUT2D eigenvalue weighted by Crippen LogP contribution is 2.40. The number of benzene rings is 2. The molecular weight excluding hydrogens is 514 g/mol. The number of carbonyl (C=O) groups excluding carboxylic acids is 4. The van der Waals surface area contributed by atoms with Crippen LogP contribution in [0.5, 0.6) is 0 Å². The number of thioether (sulfide) groups is 1. The highest BCUT2D eigenvalue weighted by atomic mass is 32.2. The number of nitrogens with one attached hydrogen (secondary N) is 2. The summed E-state index contributed by atoms with van der Waals surface area (Å²) in [5.74, 6) is -2.98. The van der Waals surface area contributed by atoms with Gasteiger partial charge >= 0.3 is 18.0 Å². The zero-order chi connectivity index (χ0) is 27.2. The van der Waals surface area contributed by atoms with E-state index >= 15 is 0 Å². The molecule has 2 aromatic rings. The molecule has 2 aliphatic heterocycles. The van der Waals surface area contributed by atoms with Gasteiger partial charge in [0.15, 0.2) is 0 Å². The second kappa shape index (κ2) is 11.8. The van der Waals surface area contributed by atoms with Crippen LogP contribution in [0.25, 0.3) is 0 Å². The third kappa shape index (κ3) is 5.97. The fraction of sp³-hybridized carbons (Fsp3) is 0.269. The molecule has 3 amide bonds. The van der Waals surface area contributed by atoms with Crippen molar-refractivity contribution in [3.05, 3.63) is 83.1 Å². The molecule has 0 radical (unpaired) electrons. The fourth-order valence-electron chi connectivity index (χ4n) is 4.05. The number of carboxylic acid groups (broad SMARTS) is 1.